The number of likely N-dealkylation sites (tertiary alicyclic amines) is 1. The van der Waals surface area contributed by atoms with Gasteiger partial charge in [0.2, 0.25) is 11.7 Å². The number of pyridine rings is 1. The third kappa shape index (κ3) is 5.13. The molecule has 0 spiro atoms. The van der Waals surface area contributed by atoms with E-state index in [2.05, 4.69) is 10.1 Å². The summed E-state index contributed by atoms with van der Waals surface area (Å²) in [5.74, 6) is -6.99. The number of nitriles is 1. The van der Waals surface area contributed by atoms with Crippen molar-refractivity contribution < 1.29 is 39.1 Å². The summed E-state index contributed by atoms with van der Waals surface area (Å²) in [6.45, 7) is 4.78. The van der Waals surface area contributed by atoms with Crippen molar-refractivity contribution in [1.29, 1.82) is 5.26 Å². The third-order valence-electron chi connectivity index (χ3n) is 8.28. The number of phenolic OH excluding ortho intramolecular Hbond substituents is 4. The Labute approximate surface area is 264 Å². The molecule has 0 saturated carbocycles. The Hall–Kier alpha value is -4.92. The summed E-state index contributed by atoms with van der Waals surface area (Å²) in [5.41, 5.74) is 1.09. The largest absolute Gasteiger partial charge is 0.504 e. The summed E-state index contributed by atoms with van der Waals surface area (Å²) >= 11 is 0.873. The molecule has 17 heteroatoms. The van der Waals surface area contributed by atoms with Gasteiger partial charge < -0.3 is 40.2 Å². The van der Waals surface area contributed by atoms with E-state index in [4.69, 9.17) is 0 Å². The van der Waals surface area contributed by atoms with Gasteiger partial charge >= 0.3 is 0 Å². The normalized spacial score (nSPS) is 15.7. The standard InChI is InChI=1S/C29H30F2N8O6S/c1-3-16-24(35(2)29-33-23(19(9-32)46-29)21-25(42)27(44)22(31)28(45)26(21)43)18-8-17(15(30)12-39(18)34-16)37-6-4-36(5-7-37)13-20(41)38-10-14(40)11-38/h8,12,14,40,42-45H,3-7,10-11,13H2,1-2H3. The number of aliphatic hydroxyl groups is 1. The molecule has 0 atom stereocenters. The highest BCUT2D eigenvalue weighted by Crippen LogP contribution is 2.52. The third-order valence-corrected chi connectivity index (χ3v) is 9.32. The number of fused-ring (bicyclic) bond motifs is 1. The van der Waals surface area contributed by atoms with Gasteiger partial charge in [-0.15, -0.1) is 0 Å². The number of aromatic hydroxyl groups is 4. The number of anilines is 3. The number of hydrogen-bond acceptors (Lipinski definition) is 13. The van der Waals surface area contributed by atoms with Crippen LogP contribution in [0.1, 0.15) is 17.5 Å². The maximum Gasteiger partial charge on any atom is 0.236 e. The lowest BCUT2D eigenvalue weighted by Gasteiger charge is -2.39. The van der Waals surface area contributed by atoms with Gasteiger partial charge in [-0.2, -0.15) is 14.8 Å². The van der Waals surface area contributed by atoms with Gasteiger partial charge in [-0.25, -0.2) is 13.9 Å². The zero-order valence-electron chi connectivity index (χ0n) is 24.8. The van der Waals surface area contributed by atoms with Crippen LogP contribution in [-0.4, -0.2) is 115 Å². The van der Waals surface area contributed by atoms with Crippen LogP contribution in [-0.2, 0) is 11.2 Å². The van der Waals surface area contributed by atoms with Gasteiger partial charge in [0, 0.05) is 46.3 Å². The van der Waals surface area contributed by atoms with E-state index in [0.717, 1.165) is 11.3 Å². The van der Waals surface area contributed by atoms with Crippen LogP contribution in [0.3, 0.4) is 0 Å². The molecule has 0 aliphatic carbocycles. The van der Waals surface area contributed by atoms with Gasteiger partial charge in [-0.3, -0.25) is 9.69 Å². The molecule has 3 aromatic heterocycles. The number of benzene rings is 1. The molecule has 0 radical (unpaired) electrons. The molecule has 2 aliphatic rings. The van der Waals surface area contributed by atoms with Crippen LogP contribution in [0.15, 0.2) is 12.3 Å². The number of aromatic nitrogens is 3. The lowest BCUT2D eigenvalue weighted by molar-refractivity contribution is -0.142. The van der Waals surface area contributed by atoms with Crippen LogP contribution in [0.4, 0.5) is 25.3 Å². The number of piperazine rings is 1. The van der Waals surface area contributed by atoms with E-state index in [1.165, 1.54) is 10.7 Å². The lowest BCUT2D eigenvalue weighted by Crippen LogP contribution is -2.57. The van der Waals surface area contributed by atoms with Crippen molar-refractivity contribution >= 4 is 39.3 Å². The van der Waals surface area contributed by atoms with Crippen molar-refractivity contribution in [2.24, 2.45) is 0 Å². The number of β-amino-alcohol motifs (C(OH)–C–C–N with tert-alkyl or cyclic N) is 1. The van der Waals surface area contributed by atoms with E-state index < -0.39 is 46.3 Å². The fourth-order valence-corrected chi connectivity index (χ4v) is 6.56. The molecule has 2 saturated heterocycles. The number of aryl methyl sites for hydroxylation is 1. The monoisotopic (exact) mass is 656 g/mol. The zero-order chi connectivity index (χ0) is 33.0. The van der Waals surface area contributed by atoms with Crippen molar-refractivity contribution in [3.05, 3.63) is 34.5 Å². The second-order valence-electron chi connectivity index (χ2n) is 11.1. The molecule has 1 aromatic carbocycles. The smallest absolute Gasteiger partial charge is 0.236 e. The molecular weight excluding hydrogens is 626 g/mol. The highest BCUT2D eigenvalue weighted by molar-refractivity contribution is 7.16. The quantitative estimate of drug-likeness (QED) is 0.144. The molecule has 2 fully saturated rings. The SMILES string of the molecule is CCc1nn2cc(F)c(N3CCN(CC(=O)N4CC(O)C4)CC3)cc2c1N(C)c1nc(-c2c(O)c(O)c(F)c(O)c2O)c(C#N)s1. The van der Waals surface area contributed by atoms with Crippen LogP contribution in [0, 0.1) is 23.0 Å². The summed E-state index contributed by atoms with van der Waals surface area (Å²) < 4.78 is 30.9. The first-order chi connectivity index (χ1) is 21.9. The minimum Gasteiger partial charge on any atom is -0.504 e. The van der Waals surface area contributed by atoms with Gasteiger partial charge in [0.1, 0.15) is 16.6 Å². The number of aliphatic hydroxyl groups excluding tert-OH is 1. The molecule has 0 unspecified atom stereocenters. The Kier molecular flexibility index (Phi) is 7.96. The Morgan fingerprint density at radius 1 is 1.11 bits per heavy atom. The lowest BCUT2D eigenvalue weighted by atomic mass is 10.1. The molecule has 242 valence electrons. The summed E-state index contributed by atoms with van der Waals surface area (Å²) in [6, 6.07) is 3.58. The molecule has 1 amide bonds. The van der Waals surface area contributed by atoms with E-state index in [0.29, 0.717) is 68.3 Å². The van der Waals surface area contributed by atoms with Gasteiger partial charge in [-0.05, 0) is 12.5 Å². The van der Waals surface area contributed by atoms with E-state index >= 15 is 4.39 Å². The fourth-order valence-electron chi connectivity index (χ4n) is 5.72. The Bertz CT molecular complexity index is 1870. The Morgan fingerprint density at radius 3 is 2.35 bits per heavy atom. The fraction of sp³-hybridized carbons (Fsp3) is 0.379. The zero-order valence-corrected chi connectivity index (χ0v) is 25.6. The van der Waals surface area contributed by atoms with Gasteiger partial charge in [0.25, 0.3) is 0 Å². The van der Waals surface area contributed by atoms with E-state index in [9.17, 15) is 40.0 Å². The van der Waals surface area contributed by atoms with Crippen molar-refractivity contribution in [2.75, 3.05) is 62.7 Å². The van der Waals surface area contributed by atoms with Crippen molar-refractivity contribution in [3.63, 3.8) is 0 Å². The highest BCUT2D eigenvalue weighted by Gasteiger charge is 2.32. The molecule has 6 rings (SSSR count). The summed E-state index contributed by atoms with van der Waals surface area (Å²) in [7, 11) is 1.65. The summed E-state index contributed by atoms with van der Waals surface area (Å²) in [4.78, 5) is 23.8. The predicted molar refractivity (Wildman–Crippen MR) is 163 cm³/mol. The first-order valence-corrected chi connectivity index (χ1v) is 15.2. The first-order valence-electron chi connectivity index (χ1n) is 14.4. The van der Waals surface area contributed by atoms with Crippen molar-refractivity contribution in [1.82, 2.24) is 24.4 Å². The molecule has 5 N–H and O–H groups in total. The van der Waals surface area contributed by atoms with Crippen molar-refractivity contribution in [2.45, 2.75) is 19.4 Å². The molecule has 5 heterocycles. The van der Waals surface area contributed by atoms with Gasteiger partial charge in [0.15, 0.2) is 33.9 Å². The average Bonchev–Trinajstić information content (AvgIpc) is 3.62. The number of carbonyl (C=O) groups excluding carboxylic acids is 1. The highest BCUT2D eigenvalue weighted by atomic mass is 32.1. The predicted octanol–water partition coefficient (Wildman–Crippen LogP) is 2.09. The molecule has 14 nitrogen and oxygen atoms in total. The second-order valence-corrected chi connectivity index (χ2v) is 12.1. The van der Waals surface area contributed by atoms with E-state index in [-0.39, 0.29) is 28.2 Å². The minimum absolute atomic E-state index is 0.0475. The second kappa shape index (κ2) is 11.8. The first kappa shape index (κ1) is 31.1. The van der Waals surface area contributed by atoms with Crippen LogP contribution < -0.4 is 9.80 Å². The number of hydrogen-bond donors (Lipinski definition) is 5. The number of halogens is 2. The number of phenols is 4. The number of thiazole rings is 1. The summed E-state index contributed by atoms with van der Waals surface area (Å²) in [5, 5.41) is 64.7. The summed E-state index contributed by atoms with van der Waals surface area (Å²) in [6.07, 6.45) is 1.26. The van der Waals surface area contributed by atoms with Crippen LogP contribution in [0.2, 0.25) is 0 Å². The minimum atomic E-state index is -1.63. The number of nitrogens with zero attached hydrogens (tertiary/aromatic N) is 8. The number of amides is 1. The number of rotatable bonds is 7. The molecule has 46 heavy (non-hydrogen) atoms. The Morgan fingerprint density at radius 2 is 1.76 bits per heavy atom. The van der Waals surface area contributed by atoms with Crippen LogP contribution in [0.25, 0.3) is 16.8 Å². The average molecular weight is 657 g/mol. The number of carbonyl (C=O) groups is 1. The maximum atomic E-state index is 15.5. The molecule has 0 bridgehead atoms. The van der Waals surface area contributed by atoms with Gasteiger partial charge in [0.05, 0.1) is 47.0 Å². The molecule has 4 aromatic rings. The van der Waals surface area contributed by atoms with Gasteiger partial charge in [-0.1, -0.05) is 18.3 Å². The Balaban J connectivity index is 1.31. The van der Waals surface area contributed by atoms with E-state index in [1.54, 1.807) is 22.9 Å². The van der Waals surface area contributed by atoms with Crippen LogP contribution >= 0.6 is 11.3 Å². The van der Waals surface area contributed by atoms with Crippen LogP contribution in [0.5, 0.6) is 23.0 Å². The maximum absolute atomic E-state index is 15.5. The molecular formula is C29H30F2N8O6S. The molecule has 2 aliphatic heterocycles. The topological polar surface area (TPSA) is 185 Å². The van der Waals surface area contributed by atoms with E-state index in [1.807, 2.05) is 22.8 Å². The van der Waals surface area contributed by atoms with Crippen molar-refractivity contribution in [3.8, 4) is 40.3 Å².